The van der Waals surface area contributed by atoms with Crippen LogP contribution in [0.2, 0.25) is 0 Å². The van der Waals surface area contributed by atoms with E-state index in [1.165, 1.54) is 44.9 Å². The van der Waals surface area contributed by atoms with Crippen LogP contribution in [0, 0.1) is 20.8 Å². The molecule has 3 aromatic carbocycles. The zero-order chi connectivity index (χ0) is 50.8. The summed E-state index contributed by atoms with van der Waals surface area (Å²) < 4.78 is 47.5. The van der Waals surface area contributed by atoms with Gasteiger partial charge in [0.25, 0.3) is 0 Å². The van der Waals surface area contributed by atoms with Crippen molar-refractivity contribution in [1.82, 2.24) is 18.7 Å². The van der Waals surface area contributed by atoms with Crippen LogP contribution in [0.15, 0.2) is 96.3 Å². The third kappa shape index (κ3) is 25.0. The lowest BCUT2D eigenvalue weighted by atomic mass is 10.1. The highest BCUT2D eigenvalue weighted by atomic mass is 127. The highest BCUT2D eigenvalue weighted by Crippen LogP contribution is 2.61. The molecule has 0 aliphatic heterocycles. The van der Waals surface area contributed by atoms with Gasteiger partial charge in [0.2, 0.25) is 1.43 Å². The standard InChI is InChI=1S/C14H14N2O.C12H13NO.C11H13N.C2H5IOS.CH3F.3CO2.CH4.Cl3OP/c1-3-16-8-12(14-7-15-9-17-14)11-5-4-10(2)6-13(11)16;1-3-13-7-10(8-14)11-5-4-9(2)6-12(11)13;1-3-12-7-6-10-5-4-9(2)8-11(10)12;1-2(3)5-4;1-2;3*2-1-3;;1-5(2,3)4/h4-9H,3H2,1-2H3;4-8H,3H2,1-2H3;4-8H,3H2,1-2H3;2,4H,1H3;1H3;;;;1H4;/i;;;;1D;;;;;/hT. The zero-order valence-corrected chi connectivity index (χ0v) is 41.9. The minimum Gasteiger partial charge on any atom is -0.443 e. The van der Waals surface area contributed by atoms with Crippen LogP contribution < -0.4 is 0 Å². The molecular weight excluding hydrogens is 1060 g/mol. The lowest BCUT2D eigenvalue weighted by Crippen LogP contribution is -1.90. The Morgan fingerprint density at radius 2 is 1.28 bits per heavy atom. The highest BCUT2D eigenvalue weighted by molar-refractivity contribution is 14.1. The summed E-state index contributed by atoms with van der Waals surface area (Å²) >= 11 is 17.1. The Labute approximate surface area is 412 Å². The van der Waals surface area contributed by atoms with Crippen molar-refractivity contribution >= 4 is 131 Å². The predicted octanol–water partition coefficient (Wildman–Crippen LogP) is 13.6. The molecule has 1 atom stereocenters. The van der Waals surface area contributed by atoms with Gasteiger partial charge in [0.1, 0.15) is 0 Å². The first-order valence-electron chi connectivity index (χ1n) is 19.4. The summed E-state index contributed by atoms with van der Waals surface area (Å²) in [5, 5.41) is 0.379. The maximum Gasteiger partial charge on any atom is 0.373 e. The molecular formula is C44H52Cl3FIN4O10PS. The van der Waals surface area contributed by atoms with E-state index in [1.54, 1.807) is 6.20 Å². The Balaban J connectivity index is -0.000000749. The van der Waals surface area contributed by atoms with Crippen LogP contribution in [0.3, 0.4) is 0 Å². The van der Waals surface area contributed by atoms with Crippen molar-refractivity contribution in [3.8, 4) is 11.3 Å². The summed E-state index contributed by atoms with van der Waals surface area (Å²) in [5.41, 5.74) is 9.46. The second kappa shape index (κ2) is 36.6. The van der Waals surface area contributed by atoms with Crippen LogP contribution in [0.25, 0.3) is 45.5 Å². The molecule has 0 amide bonds. The molecule has 14 nitrogen and oxygen atoms in total. The van der Waals surface area contributed by atoms with E-state index >= 15 is 0 Å². The first-order valence-corrected chi connectivity index (χ1v) is 24.8. The van der Waals surface area contributed by atoms with Crippen LogP contribution in [-0.2, 0) is 53.0 Å². The van der Waals surface area contributed by atoms with Gasteiger partial charge >= 0.3 is 23.7 Å². The van der Waals surface area contributed by atoms with E-state index in [0.717, 1.165) is 65.8 Å². The number of carbonyl (C=O) groups is 1. The number of halogens is 5. The van der Waals surface area contributed by atoms with Gasteiger partial charge in [-0.3, -0.25) is 13.8 Å². The van der Waals surface area contributed by atoms with Crippen molar-refractivity contribution in [3.05, 3.63) is 114 Å². The van der Waals surface area contributed by atoms with E-state index in [0.29, 0.717) is 3.26 Å². The average Bonchev–Trinajstić information content (AvgIpc) is 4.07. The molecule has 1 N–H and O–H groups in total. The number of aryl methyl sites for hydroxylation is 6. The molecule has 21 heteroatoms. The number of oxazole rings is 1. The van der Waals surface area contributed by atoms with Gasteiger partial charge in [-0.2, -0.15) is 28.8 Å². The number of benzene rings is 3. The topological polar surface area (TPSA) is 198 Å². The third-order valence-corrected chi connectivity index (χ3v) is 8.90. The van der Waals surface area contributed by atoms with Crippen LogP contribution in [0.4, 0.5) is 4.39 Å². The molecule has 4 heterocycles. The number of carbonyl (C=O) groups excluding carboxylic acids is 7. The molecule has 354 valence electrons. The molecule has 65 heavy (non-hydrogen) atoms. The smallest absolute Gasteiger partial charge is 0.373 e. The SMILES string of the molecule is C.CCn1cc(-c2cnco2)c2ccc(C)cc21.CCn1cc(C=O)c2ccc(C)cc21.CCn1ccc2ccc(C)cc21.O=C=O.O=C=O.O=C=O.O=P(Cl)(Cl)Cl.[2H]CF.[3H]OSC(C)I. The van der Waals surface area contributed by atoms with Gasteiger partial charge in [0, 0.05) is 88.7 Å². The lowest BCUT2D eigenvalue weighted by molar-refractivity contribution is -0.193. The van der Waals surface area contributed by atoms with E-state index in [-0.39, 0.29) is 25.9 Å². The second-order valence-electron chi connectivity index (χ2n) is 12.2. The van der Waals surface area contributed by atoms with Gasteiger partial charge in [-0.1, -0.05) is 66.4 Å². The molecule has 0 radical (unpaired) electrons. The minimum absolute atomic E-state index is 0. The van der Waals surface area contributed by atoms with Crippen molar-refractivity contribution in [1.29, 1.82) is 1.43 Å². The van der Waals surface area contributed by atoms with Gasteiger partial charge in [-0.05, 0) is 129 Å². The molecule has 0 aliphatic rings. The van der Waals surface area contributed by atoms with Crippen LogP contribution >= 0.6 is 73.6 Å². The number of hydrogen-bond donors (Lipinski definition) is 1. The predicted molar refractivity (Wildman–Crippen MR) is 266 cm³/mol. The maximum atomic E-state index is 10.8. The molecule has 0 aliphatic carbocycles. The largest absolute Gasteiger partial charge is 0.443 e. The highest BCUT2D eigenvalue weighted by Gasteiger charge is 2.12. The number of nitrogens with zero attached hydrogens (tertiary/aromatic N) is 4. The number of fused-ring (bicyclic) bond motifs is 3. The normalized spacial score (nSPS) is 10.2. The quantitative estimate of drug-likeness (QED) is 0.0522. The Morgan fingerprint density at radius 3 is 1.68 bits per heavy atom. The molecule has 7 rings (SSSR count). The minimum atomic E-state index is -3.22. The molecule has 0 saturated carbocycles. The monoisotopic (exact) mass is 1110 g/mol. The Hall–Kier alpha value is -4.63. The number of rotatable bonds is 7. The fraction of sp³-hybridized carbons (Fsp3) is 0.295. The summed E-state index contributed by atoms with van der Waals surface area (Å²) in [6.45, 7) is 17.6. The van der Waals surface area contributed by atoms with E-state index in [9.17, 15) is 13.8 Å². The number of aldehydes is 1. The van der Waals surface area contributed by atoms with Gasteiger partial charge in [0.05, 0.1) is 18.0 Å². The van der Waals surface area contributed by atoms with Gasteiger partial charge in [-0.15, -0.1) is 0 Å². The van der Waals surface area contributed by atoms with E-state index in [1.807, 2.05) is 25.3 Å². The zero-order valence-electron chi connectivity index (χ0n) is 37.8. The first-order chi connectivity index (χ1) is 31.3. The van der Waals surface area contributed by atoms with E-state index in [4.69, 9.17) is 36.0 Å². The summed E-state index contributed by atoms with van der Waals surface area (Å²) in [5.74, 6) is 0.825. The molecule has 0 fully saturated rings. The van der Waals surface area contributed by atoms with Gasteiger partial charge in [0.15, 0.2) is 18.4 Å². The van der Waals surface area contributed by atoms with E-state index < -0.39 is 12.4 Å². The van der Waals surface area contributed by atoms with Crippen LogP contribution in [0.5, 0.6) is 0 Å². The second-order valence-corrected chi connectivity index (χ2v) is 22.4. The number of alkyl halides is 2. The van der Waals surface area contributed by atoms with Crippen molar-refractivity contribution in [3.63, 3.8) is 0 Å². The van der Waals surface area contributed by atoms with Gasteiger partial charge in [-0.25, -0.2) is 4.98 Å². The van der Waals surface area contributed by atoms with E-state index in [2.05, 4.69) is 182 Å². The number of aromatic nitrogens is 4. The molecule has 7 aromatic rings. The molecule has 0 spiro atoms. The van der Waals surface area contributed by atoms with Crippen LogP contribution in [0.1, 0.15) is 63.5 Å². The fourth-order valence-corrected chi connectivity index (χ4v) is 5.56. The van der Waals surface area contributed by atoms with Crippen molar-refractivity contribution in [2.45, 2.75) is 78.8 Å². The summed E-state index contributed by atoms with van der Waals surface area (Å²) in [4.78, 5) is 63.6. The Morgan fingerprint density at radius 1 is 0.846 bits per heavy atom. The van der Waals surface area contributed by atoms with Crippen molar-refractivity contribution in [2.24, 2.45) is 0 Å². The average molecular weight is 1120 g/mol. The van der Waals surface area contributed by atoms with Crippen molar-refractivity contribution in [2.75, 3.05) is 7.15 Å². The lowest BCUT2D eigenvalue weighted by Gasteiger charge is -2.00. The van der Waals surface area contributed by atoms with Gasteiger partial charge < -0.3 is 22.7 Å². The fourth-order valence-electron chi connectivity index (χ4n) is 5.56. The Bertz CT molecular complexity index is 2590. The molecule has 1 unspecified atom stereocenters. The molecule has 0 saturated heterocycles. The first kappa shape index (κ1) is 60.4. The summed E-state index contributed by atoms with van der Waals surface area (Å²) in [7, 11) is -1.00. The third-order valence-electron chi connectivity index (χ3n) is 8.02. The number of hydrogen-bond acceptors (Lipinski definition) is 12. The van der Waals surface area contributed by atoms with Crippen LogP contribution in [-0.4, -0.2) is 58.4 Å². The summed E-state index contributed by atoms with van der Waals surface area (Å²) in [6, 6.07) is 21.4. The molecule has 4 aromatic heterocycles. The van der Waals surface area contributed by atoms with Crippen molar-refractivity contribution < 1.29 is 52.9 Å². The summed E-state index contributed by atoms with van der Waals surface area (Å²) in [6.07, 6.45) is 11.1. The Kier molecular flexibility index (Phi) is 34.0. The maximum absolute atomic E-state index is 10.8. The molecule has 0 bridgehead atoms.